The SMILES string of the molecule is CC(=O)N[C@H]1[C@@H](O)[C@H](O[C@@H]2OC(CO)[C@H](O)[C@H](O)[C@H]2O)C(CO)O[C@H]1O. The van der Waals surface area contributed by atoms with Crippen molar-refractivity contribution in [1.82, 2.24) is 5.32 Å². The van der Waals surface area contributed by atoms with Crippen molar-refractivity contribution in [2.24, 2.45) is 0 Å². The largest absolute Gasteiger partial charge is 0.394 e. The van der Waals surface area contributed by atoms with Gasteiger partial charge in [-0.1, -0.05) is 0 Å². The minimum Gasteiger partial charge on any atom is -0.394 e. The van der Waals surface area contributed by atoms with Gasteiger partial charge in [0.1, 0.15) is 48.8 Å². The summed E-state index contributed by atoms with van der Waals surface area (Å²) < 4.78 is 15.7. The molecule has 2 aliphatic rings. The number of aliphatic hydroxyl groups is 7. The van der Waals surface area contributed by atoms with Gasteiger partial charge in [-0.2, -0.15) is 0 Å². The van der Waals surface area contributed by atoms with Crippen molar-refractivity contribution in [3.63, 3.8) is 0 Å². The molecule has 152 valence electrons. The molecule has 12 nitrogen and oxygen atoms in total. The van der Waals surface area contributed by atoms with Gasteiger partial charge in [0.25, 0.3) is 0 Å². The fourth-order valence-electron chi connectivity index (χ4n) is 2.98. The Morgan fingerprint density at radius 2 is 1.54 bits per heavy atom. The highest BCUT2D eigenvalue weighted by Crippen LogP contribution is 2.28. The minimum atomic E-state index is -1.73. The third-order valence-electron chi connectivity index (χ3n) is 4.38. The first-order valence-electron chi connectivity index (χ1n) is 8.06. The molecule has 0 aromatic rings. The quantitative estimate of drug-likeness (QED) is 0.226. The number of carbonyl (C=O) groups excluding carboxylic acids is 1. The molecule has 10 atom stereocenters. The number of carbonyl (C=O) groups is 1. The summed E-state index contributed by atoms with van der Waals surface area (Å²) in [7, 11) is 0. The van der Waals surface area contributed by atoms with Crippen LogP contribution in [0, 0.1) is 0 Å². The third-order valence-corrected chi connectivity index (χ3v) is 4.38. The Bertz CT molecular complexity index is 478. The van der Waals surface area contributed by atoms with Crippen LogP contribution in [-0.2, 0) is 19.0 Å². The molecule has 0 spiro atoms. The topological polar surface area (TPSA) is 198 Å². The fourth-order valence-corrected chi connectivity index (χ4v) is 2.98. The van der Waals surface area contributed by atoms with E-state index in [1.54, 1.807) is 0 Å². The summed E-state index contributed by atoms with van der Waals surface area (Å²) in [4.78, 5) is 11.2. The van der Waals surface area contributed by atoms with Crippen LogP contribution in [0.2, 0.25) is 0 Å². The van der Waals surface area contributed by atoms with Crippen molar-refractivity contribution < 1.29 is 54.8 Å². The van der Waals surface area contributed by atoms with Crippen molar-refractivity contribution in [2.75, 3.05) is 13.2 Å². The highest BCUT2D eigenvalue weighted by Gasteiger charge is 2.50. The van der Waals surface area contributed by atoms with Crippen molar-refractivity contribution in [3.8, 4) is 0 Å². The van der Waals surface area contributed by atoms with E-state index in [9.17, 15) is 40.5 Å². The Kier molecular flexibility index (Phi) is 7.27. The van der Waals surface area contributed by atoms with Crippen LogP contribution in [0.1, 0.15) is 6.92 Å². The average molecular weight is 383 g/mol. The number of ether oxygens (including phenoxy) is 3. The van der Waals surface area contributed by atoms with Gasteiger partial charge in [0.05, 0.1) is 13.2 Å². The van der Waals surface area contributed by atoms with E-state index in [1.807, 2.05) is 0 Å². The number of nitrogens with one attached hydrogen (secondary N) is 1. The van der Waals surface area contributed by atoms with E-state index in [0.29, 0.717) is 0 Å². The summed E-state index contributed by atoms with van der Waals surface area (Å²) in [5.74, 6) is -0.564. The van der Waals surface area contributed by atoms with Gasteiger partial charge in [-0.25, -0.2) is 0 Å². The van der Waals surface area contributed by atoms with Crippen LogP contribution >= 0.6 is 0 Å². The molecular formula is C14H25NO11. The second kappa shape index (κ2) is 8.84. The minimum absolute atomic E-state index is 0.564. The number of aliphatic hydroxyl groups excluding tert-OH is 7. The molecule has 2 fully saturated rings. The molecule has 2 aliphatic heterocycles. The fraction of sp³-hybridized carbons (Fsp3) is 0.929. The van der Waals surface area contributed by atoms with Crippen LogP contribution in [0.5, 0.6) is 0 Å². The molecule has 2 rings (SSSR count). The summed E-state index contributed by atoms with van der Waals surface area (Å²) in [6, 6.07) is -1.29. The maximum atomic E-state index is 11.2. The van der Waals surface area contributed by atoms with Gasteiger partial charge < -0.3 is 55.3 Å². The maximum absolute atomic E-state index is 11.2. The molecule has 0 bridgehead atoms. The summed E-state index contributed by atoms with van der Waals surface area (Å²) in [5.41, 5.74) is 0. The zero-order valence-electron chi connectivity index (χ0n) is 14.0. The predicted octanol–water partition coefficient (Wildman–Crippen LogP) is -5.25. The average Bonchev–Trinajstić information content (AvgIpc) is 2.60. The Balaban J connectivity index is 2.16. The van der Waals surface area contributed by atoms with Gasteiger partial charge >= 0.3 is 0 Å². The lowest BCUT2D eigenvalue weighted by molar-refractivity contribution is -0.345. The standard InChI is InChI=1S/C14H25NO11/c1-4(18)15-7-9(20)12(6(3-17)24-13(7)23)26-14-11(22)10(21)8(19)5(2-16)25-14/h5-14,16-17,19-23H,2-3H2,1H3,(H,15,18)/t5?,6?,7-,8-,9+,10-,11+,12+,13+,14-/m0/s1. The molecule has 12 heteroatoms. The zero-order chi connectivity index (χ0) is 19.6. The van der Waals surface area contributed by atoms with Crippen LogP contribution in [0.15, 0.2) is 0 Å². The molecule has 0 aromatic heterocycles. The summed E-state index contributed by atoms with van der Waals surface area (Å²) in [5, 5.41) is 70.7. The Labute approximate surface area is 148 Å². The van der Waals surface area contributed by atoms with E-state index in [2.05, 4.69) is 5.32 Å². The first-order chi connectivity index (χ1) is 12.2. The van der Waals surface area contributed by atoms with Gasteiger partial charge in [0.2, 0.25) is 5.91 Å². The smallest absolute Gasteiger partial charge is 0.217 e. The lowest BCUT2D eigenvalue weighted by Crippen LogP contribution is -2.67. The number of amides is 1. The first kappa shape index (κ1) is 21.4. The van der Waals surface area contributed by atoms with Gasteiger partial charge in [0.15, 0.2) is 12.6 Å². The highest BCUT2D eigenvalue weighted by atomic mass is 16.7. The molecule has 2 saturated heterocycles. The van der Waals surface area contributed by atoms with Crippen molar-refractivity contribution in [1.29, 1.82) is 0 Å². The predicted molar refractivity (Wildman–Crippen MR) is 80.2 cm³/mol. The van der Waals surface area contributed by atoms with E-state index >= 15 is 0 Å². The van der Waals surface area contributed by atoms with E-state index < -0.39 is 80.5 Å². The molecule has 0 saturated carbocycles. The Morgan fingerprint density at radius 1 is 0.923 bits per heavy atom. The van der Waals surface area contributed by atoms with E-state index in [4.69, 9.17) is 14.2 Å². The van der Waals surface area contributed by atoms with Gasteiger partial charge in [-0.3, -0.25) is 4.79 Å². The van der Waals surface area contributed by atoms with Crippen LogP contribution in [0.4, 0.5) is 0 Å². The van der Waals surface area contributed by atoms with Gasteiger partial charge in [-0.05, 0) is 0 Å². The van der Waals surface area contributed by atoms with Gasteiger partial charge in [0, 0.05) is 6.92 Å². The van der Waals surface area contributed by atoms with Gasteiger partial charge in [-0.15, -0.1) is 0 Å². The summed E-state index contributed by atoms with van der Waals surface area (Å²) >= 11 is 0. The lowest BCUT2D eigenvalue weighted by atomic mass is 9.95. The monoisotopic (exact) mass is 383 g/mol. The lowest BCUT2D eigenvalue weighted by Gasteiger charge is -2.46. The normalized spacial score (nSPS) is 46.8. The van der Waals surface area contributed by atoms with Crippen LogP contribution in [0.3, 0.4) is 0 Å². The van der Waals surface area contributed by atoms with Crippen LogP contribution in [-0.4, -0.2) is 116 Å². The highest BCUT2D eigenvalue weighted by molar-refractivity contribution is 5.73. The van der Waals surface area contributed by atoms with E-state index in [-0.39, 0.29) is 0 Å². The van der Waals surface area contributed by atoms with Crippen LogP contribution in [0.25, 0.3) is 0 Å². The molecule has 8 N–H and O–H groups in total. The summed E-state index contributed by atoms with van der Waals surface area (Å²) in [6.45, 7) is -0.195. The van der Waals surface area contributed by atoms with E-state index in [0.717, 1.165) is 6.92 Å². The number of hydrogen-bond donors (Lipinski definition) is 8. The first-order valence-corrected chi connectivity index (χ1v) is 8.06. The Morgan fingerprint density at radius 3 is 2.08 bits per heavy atom. The number of hydrogen-bond acceptors (Lipinski definition) is 11. The zero-order valence-corrected chi connectivity index (χ0v) is 14.0. The van der Waals surface area contributed by atoms with Crippen molar-refractivity contribution in [3.05, 3.63) is 0 Å². The maximum Gasteiger partial charge on any atom is 0.217 e. The molecule has 0 aliphatic carbocycles. The van der Waals surface area contributed by atoms with E-state index in [1.165, 1.54) is 0 Å². The number of rotatable bonds is 5. The van der Waals surface area contributed by atoms with Crippen LogP contribution < -0.4 is 5.32 Å². The molecule has 0 aromatic carbocycles. The second-order valence-corrected chi connectivity index (χ2v) is 6.26. The third kappa shape index (κ3) is 4.31. The molecule has 2 heterocycles. The summed E-state index contributed by atoms with van der Waals surface area (Å²) in [6.07, 6.45) is -13.6. The molecule has 1 amide bonds. The Hall–Kier alpha value is -0.930. The van der Waals surface area contributed by atoms with Crippen molar-refractivity contribution in [2.45, 2.75) is 68.3 Å². The molecule has 26 heavy (non-hydrogen) atoms. The molecule has 2 unspecified atom stereocenters. The molecule has 0 radical (unpaired) electrons. The van der Waals surface area contributed by atoms with Crippen molar-refractivity contribution >= 4 is 5.91 Å². The molecular weight excluding hydrogens is 358 g/mol. The second-order valence-electron chi connectivity index (χ2n) is 6.26.